The van der Waals surface area contributed by atoms with Gasteiger partial charge in [-0.05, 0) is 31.9 Å². The molecule has 0 aromatic heterocycles. The van der Waals surface area contributed by atoms with Gasteiger partial charge in [0, 0.05) is 6.54 Å². The smallest absolute Gasteiger partial charge is 0.301 e. The Morgan fingerprint density at radius 2 is 1.46 bits per heavy atom. The third-order valence-corrected chi connectivity index (χ3v) is 8.07. The third kappa shape index (κ3) is 1.53. The highest BCUT2D eigenvalue weighted by Gasteiger charge is 2.80. The fourth-order valence-electron chi connectivity index (χ4n) is 6.82. The van der Waals surface area contributed by atoms with Crippen LogP contribution < -0.4 is 14.7 Å². The van der Waals surface area contributed by atoms with Gasteiger partial charge < -0.3 is 4.90 Å². The zero-order chi connectivity index (χ0) is 18.3. The molecule has 0 radical (unpaired) electrons. The number of benzene rings is 1. The van der Waals surface area contributed by atoms with Crippen molar-refractivity contribution >= 4 is 17.4 Å². The van der Waals surface area contributed by atoms with Crippen molar-refractivity contribution in [3.63, 3.8) is 0 Å². The molecule has 5 nitrogen and oxygen atoms in total. The Kier molecular flexibility index (Phi) is 3.14. The fraction of sp³-hybridized carbons (Fsp3) is 0.619. The molecule has 0 atom stereocenters. The number of hydrogen-bond acceptors (Lipinski definition) is 2. The number of carbonyl (C=O) groups is 2. The first-order chi connectivity index (χ1) is 12.5. The fourth-order valence-corrected chi connectivity index (χ4v) is 6.82. The van der Waals surface area contributed by atoms with Crippen LogP contribution in [-0.4, -0.2) is 44.4 Å². The number of ketones is 1. The summed E-state index contributed by atoms with van der Waals surface area (Å²) in [4.78, 5) is 31.8. The van der Waals surface area contributed by atoms with Crippen LogP contribution in [0.2, 0.25) is 0 Å². The van der Waals surface area contributed by atoms with Crippen molar-refractivity contribution in [1.29, 1.82) is 0 Å². The molecule has 26 heavy (non-hydrogen) atoms. The van der Waals surface area contributed by atoms with Crippen molar-refractivity contribution in [1.82, 2.24) is 0 Å². The van der Waals surface area contributed by atoms with E-state index in [4.69, 9.17) is 0 Å². The number of rotatable bonds is 3. The van der Waals surface area contributed by atoms with E-state index in [2.05, 4.69) is 39.0 Å². The number of likely N-dealkylation sites (N-methyl/N-ethyl adjacent to an activating group) is 1. The second-order valence-corrected chi connectivity index (χ2v) is 8.83. The average Bonchev–Trinajstić information content (AvgIpc) is 2.90. The lowest BCUT2D eigenvalue weighted by molar-refractivity contribution is -1.20. The summed E-state index contributed by atoms with van der Waals surface area (Å²) in [6.07, 6.45) is 1.79. The number of Topliss-reactive ketones (excluding diaryl/α,β-unsaturated/α-hetero) is 1. The third-order valence-electron chi connectivity index (χ3n) is 8.07. The topological polar surface area (TPSA) is 46.3 Å². The number of nitrogens with one attached hydrogen (secondary N) is 2. The molecule has 1 amide bonds. The van der Waals surface area contributed by atoms with Gasteiger partial charge in [-0.2, -0.15) is 0 Å². The highest BCUT2D eigenvalue weighted by molar-refractivity contribution is 6.06. The molecule has 0 aliphatic carbocycles. The van der Waals surface area contributed by atoms with Crippen molar-refractivity contribution in [2.45, 2.75) is 39.3 Å². The number of nitrogens with zero attached hydrogens (tertiary/aromatic N) is 1. The number of carbonyl (C=O) groups excluding carboxylic acids is 2. The van der Waals surface area contributed by atoms with E-state index in [1.165, 1.54) is 15.4 Å². The summed E-state index contributed by atoms with van der Waals surface area (Å²) in [5.74, 6) is 0.735. The minimum atomic E-state index is -0.537. The lowest BCUT2D eigenvalue weighted by Gasteiger charge is -2.63. The second-order valence-electron chi connectivity index (χ2n) is 8.83. The summed E-state index contributed by atoms with van der Waals surface area (Å²) in [5.41, 5.74) is 1.25. The number of piperidine rings is 2. The number of quaternary nitrogens is 2. The van der Waals surface area contributed by atoms with Crippen molar-refractivity contribution in [2.75, 3.05) is 37.6 Å². The van der Waals surface area contributed by atoms with Gasteiger partial charge in [0.1, 0.15) is 42.6 Å². The van der Waals surface area contributed by atoms with Crippen molar-refractivity contribution in [3.8, 4) is 0 Å². The average molecular weight is 355 g/mol. The molecule has 4 bridgehead atoms. The summed E-state index contributed by atoms with van der Waals surface area (Å²) < 4.78 is 0. The van der Waals surface area contributed by atoms with Crippen LogP contribution in [-0.2, 0) is 15.3 Å². The molecule has 5 aliphatic rings. The van der Waals surface area contributed by atoms with E-state index in [9.17, 15) is 9.59 Å². The maximum atomic E-state index is 13.8. The maximum Gasteiger partial charge on any atom is 0.353 e. The Balaban J connectivity index is 1.72. The number of para-hydroxylation sites is 1. The summed E-state index contributed by atoms with van der Waals surface area (Å²) in [5, 5.41) is 0. The Morgan fingerprint density at radius 3 is 1.96 bits per heavy atom. The Labute approximate surface area is 154 Å². The number of amides is 1. The highest BCUT2D eigenvalue weighted by Crippen LogP contribution is 2.45. The van der Waals surface area contributed by atoms with E-state index in [0.29, 0.717) is 12.3 Å². The monoisotopic (exact) mass is 355 g/mol. The van der Waals surface area contributed by atoms with E-state index in [0.717, 1.165) is 44.7 Å². The Hall–Kier alpha value is -1.72. The second kappa shape index (κ2) is 4.96. The lowest BCUT2D eigenvalue weighted by Crippen LogP contribution is -3.49. The van der Waals surface area contributed by atoms with Crippen LogP contribution in [0.15, 0.2) is 24.3 Å². The van der Waals surface area contributed by atoms with Crippen LogP contribution in [0.3, 0.4) is 0 Å². The van der Waals surface area contributed by atoms with Gasteiger partial charge in [-0.1, -0.05) is 26.0 Å². The first-order valence-corrected chi connectivity index (χ1v) is 10.2. The van der Waals surface area contributed by atoms with Crippen LogP contribution >= 0.6 is 0 Å². The molecular formula is C21H29N3O2+2. The zero-order valence-electron chi connectivity index (χ0n) is 16.0. The van der Waals surface area contributed by atoms with Gasteiger partial charge in [0.25, 0.3) is 0 Å². The predicted octanol–water partition coefficient (Wildman–Crippen LogP) is -0.622. The summed E-state index contributed by atoms with van der Waals surface area (Å²) in [6.45, 7) is 10.3. The molecule has 138 valence electrons. The molecular weight excluding hydrogens is 326 g/mol. The van der Waals surface area contributed by atoms with Crippen LogP contribution in [0.5, 0.6) is 0 Å². The minimum absolute atomic E-state index is 0.239. The largest absolute Gasteiger partial charge is 0.353 e. The van der Waals surface area contributed by atoms with Gasteiger partial charge in [0.05, 0.1) is 5.69 Å². The van der Waals surface area contributed by atoms with Gasteiger partial charge in [0.15, 0.2) is 5.78 Å². The highest BCUT2D eigenvalue weighted by atomic mass is 16.2. The molecule has 0 unspecified atom stereocenters. The van der Waals surface area contributed by atoms with Gasteiger partial charge in [0.2, 0.25) is 0 Å². The lowest BCUT2D eigenvalue weighted by atomic mass is 9.57. The summed E-state index contributed by atoms with van der Waals surface area (Å²) >= 11 is 0. The summed E-state index contributed by atoms with van der Waals surface area (Å²) in [6, 6.07) is 8.34. The molecule has 0 saturated carbocycles. The SMILES string of the molecule is CCN1C(=O)C2(c3ccccc31)[NH+]1CC3(CC)C[NH+]2CC(CC)(C1)C3=O. The van der Waals surface area contributed by atoms with Gasteiger partial charge in [-0.3, -0.25) is 19.4 Å². The van der Waals surface area contributed by atoms with Crippen molar-refractivity contribution < 1.29 is 19.4 Å². The molecule has 1 spiro atoms. The van der Waals surface area contributed by atoms with Crippen LogP contribution in [0, 0.1) is 10.8 Å². The molecule has 5 heteroatoms. The molecule has 6 rings (SSSR count). The van der Waals surface area contributed by atoms with Gasteiger partial charge >= 0.3 is 11.6 Å². The maximum absolute atomic E-state index is 13.8. The molecule has 4 saturated heterocycles. The first kappa shape index (κ1) is 16.5. The molecule has 2 N–H and O–H groups in total. The van der Waals surface area contributed by atoms with Crippen molar-refractivity contribution in [2.24, 2.45) is 10.8 Å². The van der Waals surface area contributed by atoms with Crippen molar-refractivity contribution in [3.05, 3.63) is 29.8 Å². The quantitative estimate of drug-likeness (QED) is 0.759. The van der Waals surface area contributed by atoms with E-state index in [1.807, 2.05) is 11.0 Å². The minimum Gasteiger partial charge on any atom is -0.301 e. The number of fused-ring (bicyclic) bond motifs is 1. The Morgan fingerprint density at radius 1 is 0.923 bits per heavy atom. The molecule has 1 aromatic carbocycles. The molecule has 4 fully saturated rings. The van der Waals surface area contributed by atoms with E-state index < -0.39 is 5.66 Å². The van der Waals surface area contributed by atoms with Gasteiger partial charge in [-0.15, -0.1) is 0 Å². The normalized spacial score (nSPS) is 42.8. The zero-order valence-corrected chi connectivity index (χ0v) is 16.0. The summed E-state index contributed by atoms with van der Waals surface area (Å²) in [7, 11) is 0. The standard InChI is InChI=1S/C21H27N3O2/c1-4-19-11-22-13-20(5-2,17(19)25)14-23(12-19)21(22)15-9-7-8-10-16(15)24(6-3)18(21)26/h7-10H,4-6,11-14H2,1-3H3/p+2. The predicted molar refractivity (Wildman–Crippen MR) is 98.0 cm³/mol. The van der Waals surface area contributed by atoms with Gasteiger partial charge in [-0.25, -0.2) is 0 Å². The van der Waals surface area contributed by atoms with E-state index >= 15 is 0 Å². The first-order valence-electron chi connectivity index (χ1n) is 10.2. The van der Waals surface area contributed by atoms with Crippen LogP contribution in [0.25, 0.3) is 0 Å². The van der Waals surface area contributed by atoms with E-state index in [1.54, 1.807) is 0 Å². The molecule has 1 aromatic rings. The van der Waals surface area contributed by atoms with Crippen LogP contribution in [0.1, 0.15) is 39.2 Å². The Bertz CT molecular complexity index is 775. The number of anilines is 1. The van der Waals surface area contributed by atoms with Crippen LogP contribution in [0.4, 0.5) is 5.69 Å². The molecule has 5 aliphatic heterocycles. The molecule has 5 heterocycles. The van der Waals surface area contributed by atoms with E-state index in [-0.39, 0.29) is 16.7 Å². The number of hydrogen-bond donors (Lipinski definition) is 2.